The van der Waals surface area contributed by atoms with Crippen LogP contribution in [0.2, 0.25) is 0 Å². The van der Waals surface area contributed by atoms with E-state index in [-0.39, 0.29) is 11.8 Å². The first-order valence-corrected chi connectivity index (χ1v) is 5.40. The van der Waals surface area contributed by atoms with Crippen LogP contribution >= 0.6 is 0 Å². The van der Waals surface area contributed by atoms with Gasteiger partial charge in [0.2, 0.25) is 0 Å². The first kappa shape index (κ1) is 13.0. The fourth-order valence-electron chi connectivity index (χ4n) is 1.25. The SMILES string of the molecule is C=CCCNC(=O)Nc1ccc(C(C)=O)cc1. The molecule has 0 bridgehead atoms. The molecule has 2 N–H and O–H groups in total. The van der Waals surface area contributed by atoms with Crippen molar-refractivity contribution in [1.82, 2.24) is 5.32 Å². The smallest absolute Gasteiger partial charge is 0.319 e. The molecule has 1 rings (SSSR count). The van der Waals surface area contributed by atoms with Gasteiger partial charge in [-0.2, -0.15) is 0 Å². The van der Waals surface area contributed by atoms with Gasteiger partial charge in [-0.05, 0) is 37.6 Å². The molecule has 0 aliphatic heterocycles. The number of urea groups is 1. The molecular weight excluding hydrogens is 216 g/mol. The van der Waals surface area contributed by atoms with Gasteiger partial charge in [-0.15, -0.1) is 6.58 Å². The molecule has 0 aromatic heterocycles. The number of hydrogen-bond acceptors (Lipinski definition) is 2. The number of anilines is 1. The van der Waals surface area contributed by atoms with Crippen molar-refractivity contribution >= 4 is 17.5 Å². The fraction of sp³-hybridized carbons (Fsp3) is 0.231. The lowest BCUT2D eigenvalue weighted by atomic mass is 10.1. The van der Waals surface area contributed by atoms with Crippen LogP contribution in [0, 0.1) is 0 Å². The molecule has 0 fully saturated rings. The topological polar surface area (TPSA) is 58.2 Å². The van der Waals surface area contributed by atoms with Crippen LogP contribution in [0.3, 0.4) is 0 Å². The lowest BCUT2D eigenvalue weighted by Gasteiger charge is -2.06. The van der Waals surface area contributed by atoms with Crippen molar-refractivity contribution < 1.29 is 9.59 Å². The minimum Gasteiger partial charge on any atom is -0.338 e. The van der Waals surface area contributed by atoms with Crippen molar-refractivity contribution in [2.75, 3.05) is 11.9 Å². The molecule has 2 amide bonds. The molecule has 90 valence electrons. The first-order chi connectivity index (χ1) is 8.13. The van der Waals surface area contributed by atoms with Crippen LogP contribution < -0.4 is 10.6 Å². The monoisotopic (exact) mass is 232 g/mol. The number of carbonyl (C=O) groups excluding carboxylic acids is 2. The van der Waals surface area contributed by atoms with Crippen molar-refractivity contribution in [3.05, 3.63) is 42.5 Å². The van der Waals surface area contributed by atoms with Crippen molar-refractivity contribution in [3.63, 3.8) is 0 Å². The van der Waals surface area contributed by atoms with E-state index in [1.54, 1.807) is 30.3 Å². The number of nitrogens with one attached hydrogen (secondary N) is 2. The molecule has 4 nitrogen and oxygen atoms in total. The Bertz CT molecular complexity index is 410. The van der Waals surface area contributed by atoms with Crippen molar-refractivity contribution in [2.24, 2.45) is 0 Å². The third-order valence-electron chi connectivity index (χ3n) is 2.18. The second-order valence-corrected chi connectivity index (χ2v) is 3.59. The number of hydrogen-bond donors (Lipinski definition) is 2. The minimum atomic E-state index is -0.262. The van der Waals surface area contributed by atoms with Gasteiger partial charge >= 0.3 is 6.03 Å². The van der Waals surface area contributed by atoms with Gasteiger partial charge < -0.3 is 10.6 Å². The molecule has 17 heavy (non-hydrogen) atoms. The minimum absolute atomic E-state index is 0.00647. The van der Waals surface area contributed by atoms with Gasteiger partial charge in [0.25, 0.3) is 0 Å². The summed E-state index contributed by atoms with van der Waals surface area (Å²) in [7, 11) is 0. The molecule has 0 atom stereocenters. The molecule has 1 aromatic carbocycles. The lowest BCUT2D eigenvalue weighted by molar-refractivity contribution is 0.101. The quantitative estimate of drug-likeness (QED) is 0.465. The molecular formula is C13H16N2O2. The summed E-state index contributed by atoms with van der Waals surface area (Å²) in [5.74, 6) is 0.00647. The van der Waals surface area contributed by atoms with E-state index in [1.807, 2.05) is 0 Å². The zero-order valence-electron chi connectivity index (χ0n) is 9.82. The Kier molecular flexibility index (Phi) is 4.94. The number of rotatable bonds is 5. The molecule has 0 unspecified atom stereocenters. The summed E-state index contributed by atoms with van der Waals surface area (Å²) in [4.78, 5) is 22.4. The van der Waals surface area contributed by atoms with Crippen molar-refractivity contribution in [3.8, 4) is 0 Å². The number of amides is 2. The summed E-state index contributed by atoms with van der Waals surface area (Å²) in [6, 6.07) is 6.50. The van der Waals surface area contributed by atoms with Gasteiger partial charge in [-0.1, -0.05) is 6.08 Å². The van der Waals surface area contributed by atoms with Crippen molar-refractivity contribution in [2.45, 2.75) is 13.3 Å². The van der Waals surface area contributed by atoms with Crippen LogP contribution in [-0.2, 0) is 0 Å². The van der Waals surface area contributed by atoms with Gasteiger partial charge in [-0.25, -0.2) is 4.79 Å². The van der Waals surface area contributed by atoms with E-state index in [4.69, 9.17) is 0 Å². The van der Waals surface area contributed by atoms with Crippen LogP contribution in [0.5, 0.6) is 0 Å². The van der Waals surface area contributed by atoms with Gasteiger partial charge in [0, 0.05) is 17.8 Å². The van der Waals surface area contributed by atoms with Crippen LogP contribution in [0.1, 0.15) is 23.7 Å². The largest absolute Gasteiger partial charge is 0.338 e. The number of ketones is 1. The predicted molar refractivity (Wildman–Crippen MR) is 68.3 cm³/mol. The van der Waals surface area contributed by atoms with Gasteiger partial charge in [-0.3, -0.25) is 4.79 Å². The number of carbonyl (C=O) groups is 2. The highest BCUT2D eigenvalue weighted by Crippen LogP contribution is 2.09. The van der Waals surface area contributed by atoms with Crippen LogP contribution in [0.25, 0.3) is 0 Å². The Morgan fingerprint density at radius 3 is 2.47 bits per heavy atom. The Morgan fingerprint density at radius 1 is 1.29 bits per heavy atom. The summed E-state index contributed by atoms with van der Waals surface area (Å²) in [5, 5.41) is 5.35. The first-order valence-electron chi connectivity index (χ1n) is 5.40. The Morgan fingerprint density at radius 2 is 1.94 bits per heavy atom. The Balaban J connectivity index is 2.48. The lowest BCUT2D eigenvalue weighted by Crippen LogP contribution is -2.29. The van der Waals surface area contributed by atoms with E-state index < -0.39 is 0 Å². The average Bonchev–Trinajstić information content (AvgIpc) is 2.30. The number of benzene rings is 1. The molecule has 0 saturated carbocycles. The zero-order valence-corrected chi connectivity index (χ0v) is 9.82. The van der Waals surface area contributed by atoms with E-state index in [0.29, 0.717) is 17.8 Å². The summed E-state index contributed by atoms with van der Waals surface area (Å²) in [6.07, 6.45) is 2.47. The summed E-state index contributed by atoms with van der Waals surface area (Å²) in [6.45, 7) is 5.62. The molecule has 0 aliphatic rings. The Labute approximate surface area is 101 Å². The van der Waals surface area contributed by atoms with E-state index in [0.717, 1.165) is 6.42 Å². The van der Waals surface area contributed by atoms with E-state index in [9.17, 15) is 9.59 Å². The molecule has 0 saturated heterocycles. The highest BCUT2D eigenvalue weighted by molar-refractivity contribution is 5.95. The molecule has 0 radical (unpaired) electrons. The summed E-state index contributed by atoms with van der Waals surface area (Å²) < 4.78 is 0. The van der Waals surface area contributed by atoms with Crippen LogP contribution in [0.15, 0.2) is 36.9 Å². The van der Waals surface area contributed by atoms with Gasteiger partial charge in [0.1, 0.15) is 0 Å². The number of Topliss-reactive ketones (excluding diaryl/α,β-unsaturated/α-hetero) is 1. The summed E-state index contributed by atoms with van der Waals surface area (Å²) >= 11 is 0. The molecule has 0 aliphatic carbocycles. The van der Waals surface area contributed by atoms with Gasteiger partial charge in [0.15, 0.2) is 5.78 Å². The third-order valence-corrected chi connectivity index (χ3v) is 2.18. The second kappa shape index (κ2) is 6.48. The van der Waals surface area contributed by atoms with Gasteiger partial charge in [0.05, 0.1) is 0 Å². The Hall–Kier alpha value is -2.10. The maximum atomic E-state index is 11.4. The zero-order chi connectivity index (χ0) is 12.7. The van der Waals surface area contributed by atoms with Crippen molar-refractivity contribution in [1.29, 1.82) is 0 Å². The molecule has 1 aromatic rings. The third kappa shape index (κ3) is 4.51. The standard InChI is InChI=1S/C13H16N2O2/c1-3-4-9-14-13(17)15-12-7-5-11(6-8-12)10(2)16/h3,5-8H,1,4,9H2,2H3,(H2,14,15,17). The fourth-order valence-corrected chi connectivity index (χ4v) is 1.25. The summed E-state index contributed by atoms with van der Waals surface area (Å²) in [5.41, 5.74) is 1.29. The van der Waals surface area contributed by atoms with Crippen LogP contribution in [-0.4, -0.2) is 18.4 Å². The molecule has 0 heterocycles. The highest BCUT2D eigenvalue weighted by Gasteiger charge is 2.02. The highest BCUT2D eigenvalue weighted by atomic mass is 16.2. The second-order valence-electron chi connectivity index (χ2n) is 3.59. The normalized spacial score (nSPS) is 9.47. The van der Waals surface area contributed by atoms with Crippen LogP contribution in [0.4, 0.5) is 10.5 Å². The molecule has 4 heteroatoms. The predicted octanol–water partition coefficient (Wildman–Crippen LogP) is 2.59. The molecule has 0 spiro atoms. The average molecular weight is 232 g/mol. The van der Waals surface area contributed by atoms with E-state index in [2.05, 4.69) is 17.2 Å². The maximum Gasteiger partial charge on any atom is 0.319 e. The van der Waals surface area contributed by atoms with E-state index >= 15 is 0 Å². The van der Waals surface area contributed by atoms with E-state index in [1.165, 1.54) is 6.92 Å². The maximum absolute atomic E-state index is 11.4.